The van der Waals surface area contributed by atoms with E-state index in [0.29, 0.717) is 12.5 Å². The van der Waals surface area contributed by atoms with Gasteiger partial charge in [0.15, 0.2) is 0 Å². The standard InChI is InChI=1S/C19H33N3O2/c23-18(21-10-6-1-2-7-11-21)16-20-12-14-22(15-13-20)19(24)17-8-4-3-5-9-17/h17H,1-16H2. The summed E-state index contributed by atoms with van der Waals surface area (Å²) in [6.07, 6.45) is 10.7. The van der Waals surface area contributed by atoms with E-state index in [-0.39, 0.29) is 11.8 Å². The van der Waals surface area contributed by atoms with E-state index in [1.807, 2.05) is 9.80 Å². The first-order valence-corrected chi connectivity index (χ1v) is 10.0. The average molecular weight is 335 g/mol. The molecular formula is C19H33N3O2. The molecule has 0 radical (unpaired) electrons. The van der Waals surface area contributed by atoms with Gasteiger partial charge in [0.25, 0.3) is 0 Å². The van der Waals surface area contributed by atoms with Gasteiger partial charge in [-0.15, -0.1) is 0 Å². The lowest BCUT2D eigenvalue weighted by atomic mass is 9.88. The zero-order valence-corrected chi connectivity index (χ0v) is 15.0. The Balaban J connectivity index is 1.41. The summed E-state index contributed by atoms with van der Waals surface area (Å²) >= 11 is 0. The van der Waals surface area contributed by atoms with Crippen molar-refractivity contribution in [1.29, 1.82) is 0 Å². The summed E-state index contributed by atoms with van der Waals surface area (Å²) in [5.74, 6) is 0.918. The maximum atomic E-state index is 12.6. The SMILES string of the molecule is O=C(CN1CCN(C(=O)C2CCCCC2)CC1)N1CCCCCC1. The smallest absolute Gasteiger partial charge is 0.236 e. The zero-order chi connectivity index (χ0) is 16.8. The fourth-order valence-electron chi connectivity index (χ4n) is 4.35. The van der Waals surface area contributed by atoms with E-state index < -0.39 is 0 Å². The highest BCUT2D eigenvalue weighted by molar-refractivity contribution is 5.79. The molecule has 3 rings (SSSR count). The van der Waals surface area contributed by atoms with Crippen molar-refractivity contribution in [2.45, 2.75) is 57.8 Å². The van der Waals surface area contributed by atoms with E-state index in [0.717, 1.165) is 65.0 Å². The van der Waals surface area contributed by atoms with Gasteiger partial charge in [0.1, 0.15) is 0 Å². The van der Waals surface area contributed by atoms with Gasteiger partial charge in [0.2, 0.25) is 11.8 Å². The lowest BCUT2D eigenvalue weighted by Crippen LogP contribution is -2.52. The second kappa shape index (κ2) is 8.84. The summed E-state index contributed by atoms with van der Waals surface area (Å²) in [4.78, 5) is 31.4. The molecule has 1 aliphatic carbocycles. The van der Waals surface area contributed by atoms with Crippen LogP contribution in [0.15, 0.2) is 0 Å². The minimum Gasteiger partial charge on any atom is -0.342 e. The highest BCUT2D eigenvalue weighted by atomic mass is 16.2. The largest absolute Gasteiger partial charge is 0.342 e. The Morgan fingerprint density at radius 3 is 1.88 bits per heavy atom. The third-order valence-corrected chi connectivity index (χ3v) is 5.96. The van der Waals surface area contributed by atoms with E-state index >= 15 is 0 Å². The van der Waals surface area contributed by atoms with Gasteiger partial charge in [0, 0.05) is 45.2 Å². The van der Waals surface area contributed by atoms with Crippen LogP contribution < -0.4 is 0 Å². The van der Waals surface area contributed by atoms with Gasteiger partial charge >= 0.3 is 0 Å². The van der Waals surface area contributed by atoms with E-state index in [1.54, 1.807) is 0 Å². The summed E-state index contributed by atoms with van der Waals surface area (Å²) in [5.41, 5.74) is 0. The van der Waals surface area contributed by atoms with Gasteiger partial charge in [-0.2, -0.15) is 0 Å². The molecule has 24 heavy (non-hydrogen) atoms. The first kappa shape index (κ1) is 17.7. The fourth-order valence-corrected chi connectivity index (χ4v) is 4.35. The zero-order valence-electron chi connectivity index (χ0n) is 15.0. The maximum absolute atomic E-state index is 12.6. The molecule has 0 bridgehead atoms. The van der Waals surface area contributed by atoms with E-state index in [9.17, 15) is 9.59 Å². The number of carbonyl (C=O) groups is 2. The predicted molar refractivity (Wildman–Crippen MR) is 94.6 cm³/mol. The molecule has 136 valence electrons. The molecule has 2 amide bonds. The van der Waals surface area contributed by atoms with Crippen LogP contribution in [0.25, 0.3) is 0 Å². The van der Waals surface area contributed by atoms with Gasteiger partial charge in [0.05, 0.1) is 6.54 Å². The van der Waals surface area contributed by atoms with Crippen LogP contribution in [0.1, 0.15) is 57.8 Å². The van der Waals surface area contributed by atoms with E-state index in [4.69, 9.17) is 0 Å². The third kappa shape index (κ3) is 4.71. The lowest BCUT2D eigenvalue weighted by Gasteiger charge is -2.37. The summed E-state index contributed by atoms with van der Waals surface area (Å²) in [7, 11) is 0. The van der Waals surface area contributed by atoms with Crippen molar-refractivity contribution in [3.8, 4) is 0 Å². The molecule has 0 N–H and O–H groups in total. The van der Waals surface area contributed by atoms with Crippen LogP contribution in [-0.4, -0.2) is 72.3 Å². The molecular weight excluding hydrogens is 302 g/mol. The predicted octanol–water partition coefficient (Wildman–Crippen LogP) is 2.11. The Bertz CT molecular complexity index is 418. The van der Waals surface area contributed by atoms with Crippen molar-refractivity contribution >= 4 is 11.8 Å². The Labute approximate surface area is 146 Å². The molecule has 5 nitrogen and oxygen atoms in total. The molecule has 3 fully saturated rings. The van der Waals surface area contributed by atoms with E-state index in [2.05, 4.69) is 4.90 Å². The number of piperazine rings is 1. The van der Waals surface area contributed by atoms with Crippen molar-refractivity contribution < 1.29 is 9.59 Å². The third-order valence-electron chi connectivity index (χ3n) is 5.96. The molecule has 0 aromatic carbocycles. The summed E-state index contributed by atoms with van der Waals surface area (Å²) in [6.45, 7) is 5.67. The van der Waals surface area contributed by atoms with Gasteiger partial charge in [-0.25, -0.2) is 0 Å². The van der Waals surface area contributed by atoms with Gasteiger partial charge in [-0.1, -0.05) is 32.1 Å². The van der Waals surface area contributed by atoms with Crippen LogP contribution in [0, 0.1) is 5.92 Å². The van der Waals surface area contributed by atoms with Gasteiger partial charge in [-0.3, -0.25) is 14.5 Å². The summed E-state index contributed by atoms with van der Waals surface area (Å²) < 4.78 is 0. The van der Waals surface area contributed by atoms with E-state index in [1.165, 1.54) is 32.1 Å². The molecule has 0 aromatic rings. The van der Waals surface area contributed by atoms with Crippen LogP contribution in [0.4, 0.5) is 0 Å². The van der Waals surface area contributed by atoms with Gasteiger partial charge in [-0.05, 0) is 25.7 Å². The lowest BCUT2D eigenvalue weighted by molar-refractivity contribution is -0.139. The second-order valence-electron chi connectivity index (χ2n) is 7.73. The molecule has 3 aliphatic rings. The normalized spacial score (nSPS) is 24.7. The minimum atomic E-state index is 0.268. The maximum Gasteiger partial charge on any atom is 0.236 e. The van der Waals surface area contributed by atoms with Crippen molar-refractivity contribution in [1.82, 2.24) is 14.7 Å². The Morgan fingerprint density at radius 2 is 1.25 bits per heavy atom. The summed E-state index contributed by atoms with van der Waals surface area (Å²) in [6, 6.07) is 0. The van der Waals surface area contributed by atoms with Crippen LogP contribution in [0.5, 0.6) is 0 Å². The topological polar surface area (TPSA) is 43.9 Å². The van der Waals surface area contributed by atoms with Gasteiger partial charge < -0.3 is 9.80 Å². The Hall–Kier alpha value is -1.10. The van der Waals surface area contributed by atoms with Crippen LogP contribution in [0.2, 0.25) is 0 Å². The fraction of sp³-hybridized carbons (Fsp3) is 0.895. The molecule has 5 heteroatoms. The summed E-state index contributed by atoms with van der Waals surface area (Å²) in [5, 5.41) is 0. The average Bonchev–Trinajstić information content (AvgIpc) is 2.92. The highest BCUT2D eigenvalue weighted by Crippen LogP contribution is 2.25. The molecule has 2 heterocycles. The Kier molecular flexibility index (Phi) is 6.52. The number of hydrogen-bond donors (Lipinski definition) is 0. The molecule has 0 atom stereocenters. The van der Waals surface area contributed by atoms with Crippen molar-refractivity contribution in [2.75, 3.05) is 45.8 Å². The van der Waals surface area contributed by atoms with Crippen LogP contribution >= 0.6 is 0 Å². The van der Waals surface area contributed by atoms with Crippen molar-refractivity contribution in [3.63, 3.8) is 0 Å². The molecule has 2 saturated heterocycles. The minimum absolute atomic E-state index is 0.268. The van der Waals surface area contributed by atoms with Crippen molar-refractivity contribution in [2.24, 2.45) is 5.92 Å². The number of carbonyl (C=O) groups excluding carboxylic acids is 2. The number of rotatable bonds is 3. The molecule has 1 saturated carbocycles. The quantitative estimate of drug-likeness (QED) is 0.793. The molecule has 0 spiro atoms. The van der Waals surface area contributed by atoms with Crippen LogP contribution in [0.3, 0.4) is 0 Å². The molecule has 0 unspecified atom stereocenters. The first-order chi connectivity index (χ1) is 11.7. The van der Waals surface area contributed by atoms with Crippen LogP contribution in [-0.2, 0) is 9.59 Å². The van der Waals surface area contributed by atoms with Crippen molar-refractivity contribution in [3.05, 3.63) is 0 Å². The first-order valence-electron chi connectivity index (χ1n) is 10.0. The number of nitrogens with zero attached hydrogens (tertiary/aromatic N) is 3. The molecule has 0 aromatic heterocycles. The second-order valence-corrected chi connectivity index (χ2v) is 7.73. The monoisotopic (exact) mass is 335 g/mol. The number of hydrogen-bond acceptors (Lipinski definition) is 3. The highest BCUT2D eigenvalue weighted by Gasteiger charge is 2.29. The number of amides is 2. The number of likely N-dealkylation sites (tertiary alicyclic amines) is 1. The Morgan fingerprint density at radius 1 is 0.667 bits per heavy atom. The molecule has 2 aliphatic heterocycles.